The van der Waals surface area contributed by atoms with E-state index in [0.29, 0.717) is 0 Å². The number of hydrogen-bond donors (Lipinski definition) is 1. The van der Waals surface area contributed by atoms with E-state index in [-0.39, 0.29) is 14.4 Å². The Hall–Kier alpha value is -5.50. The van der Waals surface area contributed by atoms with E-state index in [1.165, 1.54) is 0 Å². The quantitative estimate of drug-likeness (QED) is 0.206. The highest BCUT2D eigenvalue weighted by molar-refractivity contribution is 7.15. The zero-order chi connectivity index (χ0) is 29.2. The molecule has 8 aromatic carbocycles. The predicted octanol–water partition coefficient (Wildman–Crippen LogP) is 12.0. The minimum Gasteiger partial charge on any atom is -0.507 e. The van der Waals surface area contributed by atoms with Gasteiger partial charge in [0.25, 0.3) is 0 Å². The van der Waals surface area contributed by atoms with Crippen LogP contribution in [0, 0.1) is 0 Å². The topological polar surface area (TPSA) is 46.5 Å². The molecular formula is C40H25O3P. The maximum absolute atomic E-state index is 10.8. The monoisotopic (exact) mass is 584 g/mol. The Morgan fingerprint density at radius 3 is 1.59 bits per heavy atom. The second-order valence-corrected chi connectivity index (χ2v) is 11.8. The van der Waals surface area contributed by atoms with Crippen molar-refractivity contribution >= 4 is 73.7 Å². The van der Waals surface area contributed by atoms with Gasteiger partial charge in [0, 0.05) is 26.9 Å². The Morgan fingerprint density at radius 1 is 0.409 bits per heavy atom. The van der Waals surface area contributed by atoms with E-state index in [1.54, 1.807) is 6.07 Å². The number of aromatic hydroxyl groups is 1. The van der Waals surface area contributed by atoms with Crippen molar-refractivity contribution in [3.05, 3.63) is 140 Å². The third kappa shape index (κ3) is 3.70. The van der Waals surface area contributed by atoms with E-state index >= 15 is 0 Å². The molecule has 0 spiro atoms. The lowest BCUT2D eigenvalue weighted by molar-refractivity contribution is 0.481. The van der Waals surface area contributed by atoms with Crippen LogP contribution in [0.2, 0.25) is 0 Å². The van der Waals surface area contributed by atoms with Crippen molar-refractivity contribution in [2.24, 2.45) is 0 Å². The average Bonchev–Trinajstić information content (AvgIpc) is 3.28. The molecule has 0 fully saturated rings. The highest BCUT2D eigenvalue weighted by Gasteiger charge is 2.21. The minimum absolute atomic E-state index is 0.250. The summed E-state index contributed by atoms with van der Waals surface area (Å²) in [5.74, 6) is 0.250. The summed E-state index contributed by atoms with van der Waals surface area (Å²) < 4.78 is 13.5. The van der Waals surface area contributed by atoms with Crippen LogP contribution in [0.25, 0.3) is 87.3 Å². The molecule has 9 rings (SSSR count). The van der Waals surface area contributed by atoms with Gasteiger partial charge in [0.15, 0.2) is 11.2 Å². The lowest BCUT2D eigenvalue weighted by atomic mass is 9.88. The van der Waals surface area contributed by atoms with Gasteiger partial charge in [-0.15, -0.1) is 0 Å². The molecule has 0 saturated carbocycles. The van der Waals surface area contributed by atoms with Gasteiger partial charge >= 0.3 is 0 Å². The first-order chi connectivity index (χ1) is 21.8. The van der Waals surface area contributed by atoms with Gasteiger partial charge in [0.1, 0.15) is 5.75 Å². The van der Waals surface area contributed by atoms with Crippen LogP contribution >= 0.6 is 8.67 Å². The molecule has 0 radical (unpaired) electrons. The standard InChI is InChI=1S/C40H25O3P/c41-34-17-9-16-31-30(34)21-20-28-23-33(25-12-5-2-6-13-25)38-37-32(24-10-3-1-4-11-24)22-27-19-18-26-14-7-8-15-29(26)35(27)39(37)42-44-43-40(38)36(28)31/h1-23,41,44H. The molecule has 3 nitrogen and oxygen atoms in total. The van der Waals surface area contributed by atoms with Crippen LogP contribution in [-0.2, 0) is 0 Å². The summed E-state index contributed by atoms with van der Waals surface area (Å²) >= 11 is 0. The average molecular weight is 585 g/mol. The molecule has 0 aliphatic heterocycles. The zero-order valence-electron chi connectivity index (χ0n) is 23.5. The Balaban J connectivity index is 1.64. The van der Waals surface area contributed by atoms with Crippen LogP contribution in [0.3, 0.4) is 0 Å². The summed E-state index contributed by atoms with van der Waals surface area (Å²) in [4.78, 5) is 0. The molecule has 208 valence electrons. The van der Waals surface area contributed by atoms with Crippen LogP contribution in [0.1, 0.15) is 0 Å². The molecule has 0 aliphatic rings. The normalized spacial score (nSPS) is 11.9. The van der Waals surface area contributed by atoms with Crippen LogP contribution < -0.4 is 0 Å². The number of phenols is 1. The fourth-order valence-corrected chi connectivity index (χ4v) is 7.46. The lowest BCUT2D eigenvalue weighted by Crippen LogP contribution is -1.89. The smallest absolute Gasteiger partial charge is 0.201 e. The van der Waals surface area contributed by atoms with Gasteiger partial charge in [-0.25, -0.2) is 0 Å². The molecule has 1 heterocycles. The summed E-state index contributed by atoms with van der Waals surface area (Å²) in [7, 11) is -0.260. The van der Waals surface area contributed by atoms with Crippen molar-refractivity contribution in [1.29, 1.82) is 0 Å². The van der Waals surface area contributed by atoms with E-state index in [1.807, 2.05) is 24.3 Å². The second-order valence-electron chi connectivity index (χ2n) is 11.2. The fraction of sp³-hybridized carbons (Fsp3) is 0. The van der Waals surface area contributed by atoms with Crippen molar-refractivity contribution in [2.45, 2.75) is 0 Å². The maximum Gasteiger partial charge on any atom is 0.201 e. The van der Waals surface area contributed by atoms with E-state index in [2.05, 4.69) is 109 Å². The molecular weight excluding hydrogens is 559 g/mol. The highest BCUT2D eigenvalue weighted by atomic mass is 31.1. The molecule has 9 aromatic rings. The van der Waals surface area contributed by atoms with Crippen LogP contribution in [0.4, 0.5) is 0 Å². The van der Waals surface area contributed by atoms with E-state index in [0.717, 1.165) is 87.3 Å². The molecule has 44 heavy (non-hydrogen) atoms. The van der Waals surface area contributed by atoms with Crippen molar-refractivity contribution in [2.75, 3.05) is 0 Å². The minimum atomic E-state index is -0.260. The van der Waals surface area contributed by atoms with Gasteiger partial charge in [0.2, 0.25) is 8.67 Å². The summed E-state index contributed by atoms with van der Waals surface area (Å²) in [5, 5.41) is 21.1. The number of benzene rings is 8. The van der Waals surface area contributed by atoms with Gasteiger partial charge in [-0.2, -0.15) is 0 Å². The summed E-state index contributed by atoms with van der Waals surface area (Å²) in [5.41, 5.74) is 5.95. The molecule has 0 saturated heterocycles. The van der Waals surface area contributed by atoms with Gasteiger partial charge in [-0.3, -0.25) is 0 Å². The number of fused-ring (bicyclic) bond motifs is 11. The predicted molar refractivity (Wildman–Crippen MR) is 186 cm³/mol. The summed E-state index contributed by atoms with van der Waals surface area (Å²) in [6.07, 6.45) is 0. The van der Waals surface area contributed by atoms with Crippen molar-refractivity contribution in [3.8, 4) is 28.0 Å². The van der Waals surface area contributed by atoms with Crippen LogP contribution in [0.15, 0.2) is 148 Å². The van der Waals surface area contributed by atoms with Gasteiger partial charge in [0.05, 0.1) is 0 Å². The van der Waals surface area contributed by atoms with Crippen molar-refractivity contribution < 1.29 is 13.5 Å². The summed E-state index contributed by atoms with van der Waals surface area (Å²) in [6, 6.07) is 48.2. The van der Waals surface area contributed by atoms with Gasteiger partial charge in [-0.05, 0) is 67.4 Å². The SMILES string of the molecule is Oc1cccc2c1ccc1cc(-c3ccccc3)c3c(o[pH]oc4c3c(-c3ccccc3)cc3ccc5ccccc5c34)c12. The fourth-order valence-electron chi connectivity index (χ4n) is 6.84. The summed E-state index contributed by atoms with van der Waals surface area (Å²) in [6.45, 7) is 0. The Morgan fingerprint density at radius 2 is 0.932 bits per heavy atom. The molecule has 0 amide bonds. The Labute approximate surface area is 254 Å². The number of rotatable bonds is 2. The van der Waals surface area contributed by atoms with Gasteiger partial charge < -0.3 is 13.5 Å². The third-order valence-electron chi connectivity index (χ3n) is 8.79. The molecule has 0 aliphatic carbocycles. The molecule has 1 unspecified atom stereocenters. The zero-order valence-corrected chi connectivity index (χ0v) is 24.5. The first kappa shape index (κ1) is 25.0. The number of hydrogen-bond acceptors (Lipinski definition) is 3. The highest BCUT2D eigenvalue weighted by Crippen LogP contribution is 2.47. The molecule has 1 N–H and O–H groups in total. The first-order valence-electron chi connectivity index (χ1n) is 14.7. The van der Waals surface area contributed by atoms with Crippen LogP contribution in [-0.4, -0.2) is 5.11 Å². The second kappa shape index (κ2) is 9.77. The van der Waals surface area contributed by atoms with Crippen LogP contribution in [0.5, 0.6) is 5.75 Å². The van der Waals surface area contributed by atoms with E-state index < -0.39 is 0 Å². The Kier molecular flexibility index (Phi) is 5.56. The lowest BCUT2D eigenvalue weighted by Gasteiger charge is -2.15. The van der Waals surface area contributed by atoms with E-state index in [4.69, 9.17) is 8.39 Å². The number of phenolic OH excluding ortho intramolecular Hbond substituents is 1. The van der Waals surface area contributed by atoms with E-state index in [9.17, 15) is 5.11 Å². The molecule has 1 atom stereocenters. The molecule has 4 heteroatoms. The van der Waals surface area contributed by atoms with Crippen molar-refractivity contribution in [3.63, 3.8) is 0 Å². The third-order valence-corrected chi connectivity index (χ3v) is 9.36. The molecule has 0 bridgehead atoms. The Bertz CT molecular complexity index is 2610. The molecule has 1 aromatic heterocycles. The maximum atomic E-state index is 10.8. The largest absolute Gasteiger partial charge is 0.507 e. The first-order valence-corrected chi connectivity index (χ1v) is 15.5. The van der Waals surface area contributed by atoms with Gasteiger partial charge in [-0.1, -0.05) is 121 Å². The van der Waals surface area contributed by atoms with Crippen molar-refractivity contribution in [1.82, 2.24) is 0 Å².